The van der Waals surface area contributed by atoms with Crippen LogP contribution in [0.3, 0.4) is 0 Å². The van der Waals surface area contributed by atoms with Gasteiger partial charge >= 0.3 is 18.4 Å². The van der Waals surface area contributed by atoms with Crippen molar-refractivity contribution < 1.29 is 35.5 Å². The van der Waals surface area contributed by atoms with Gasteiger partial charge in [-0.25, -0.2) is 9.18 Å². The Hall–Kier alpha value is -3.77. The molecule has 0 spiro atoms. The first-order chi connectivity index (χ1) is 18.3. The second kappa shape index (κ2) is 9.76. The molecule has 2 aliphatic heterocycles. The van der Waals surface area contributed by atoms with Gasteiger partial charge in [0.1, 0.15) is 11.5 Å². The molecule has 0 unspecified atom stereocenters. The molecule has 3 heterocycles. The molecular formula is C26H24F7N5O. The quantitative estimate of drug-likeness (QED) is 0.360. The number of alkyl halides is 6. The summed E-state index contributed by atoms with van der Waals surface area (Å²) in [6.45, 7) is -0.119. The number of carbonyl (C=O) groups excluding carboxylic acids is 1. The molecule has 0 N–H and O–H groups in total. The van der Waals surface area contributed by atoms with Crippen LogP contribution < -0.4 is 9.80 Å². The lowest BCUT2D eigenvalue weighted by Crippen LogP contribution is -2.54. The summed E-state index contributed by atoms with van der Waals surface area (Å²) in [5.74, 6) is -0.982. The molecule has 1 fully saturated rings. The molecule has 2 amide bonds. The first-order valence-corrected chi connectivity index (χ1v) is 12.2. The molecule has 2 aromatic carbocycles. The van der Waals surface area contributed by atoms with Crippen molar-refractivity contribution in [3.05, 3.63) is 76.9 Å². The molecule has 0 aliphatic carbocycles. The number of nitrogens with zero attached hydrogens (tertiary/aromatic N) is 5. The molecule has 5 rings (SSSR count). The maximum atomic E-state index is 14.5. The van der Waals surface area contributed by atoms with E-state index < -0.39 is 47.1 Å². The monoisotopic (exact) mass is 555 g/mol. The maximum Gasteiger partial charge on any atom is 0.418 e. The van der Waals surface area contributed by atoms with Gasteiger partial charge in [0.2, 0.25) is 0 Å². The fourth-order valence-electron chi connectivity index (χ4n) is 5.36. The van der Waals surface area contributed by atoms with Crippen molar-refractivity contribution in [2.75, 3.05) is 22.9 Å². The van der Waals surface area contributed by atoms with Crippen LogP contribution in [0.2, 0.25) is 0 Å². The minimum absolute atomic E-state index is 0.0600. The van der Waals surface area contributed by atoms with E-state index in [1.54, 1.807) is 13.2 Å². The molecule has 2 aliphatic rings. The van der Waals surface area contributed by atoms with Crippen LogP contribution in [0.1, 0.15) is 35.2 Å². The molecule has 0 radical (unpaired) electrons. The van der Waals surface area contributed by atoms with E-state index in [1.807, 2.05) is 0 Å². The van der Waals surface area contributed by atoms with Gasteiger partial charge in [-0.15, -0.1) is 0 Å². The number of carbonyl (C=O) groups is 1. The number of benzene rings is 2. The number of aromatic nitrogens is 2. The smallest absolute Gasteiger partial charge is 0.369 e. The summed E-state index contributed by atoms with van der Waals surface area (Å²) in [5, 5.41) is 4.38. The Bertz CT molecular complexity index is 1380. The first kappa shape index (κ1) is 26.8. The average molecular weight is 555 g/mol. The van der Waals surface area contributed by atoms with Crippen LogP contribution in [-0.2, 0) is 32.5 Å². The lowest BCUT2D eigenvalue weighted by atomic mass is 9.99. The van der Waals surface area contributed by atoms with Gasteiger partial charge in [0.05, 0.1) is 35.6 Å². The standard InChI is InChI=1S/C26H24F7N5O/c1-35-15-22-21(34-35)14-37(24(39)38(22)13-16-5-2-3-6-18(16)25(28,29)30)17-9-11-36(12-10-17)23-19(26(31,32)33)7-4-8-20(23)27/h2-8,15,17H,9-14H2,1H3. The van der Waals surface area contributed by atoms with Crippen molar-refractivity contribution in [2.45, 2.75) is 44.3 Å². The van der Waals surface area contributed by atoms with E-state index in [2.05, 4.69) is 5.10 Å². The van der Waals surface area contributed by atoms with E-state index in [1.165, 1.54) is 37.6 Å². The zero-order chi connectivity index (χ0) is 28.1. The second-order valence-corrected chi connectivity index (χ2v) is 9.64. The predicted molar refractivity (Wildman–Crippen MR) is 128 cm³/mol. The number of hydrogen-bond donors (Lipinski definition) is 0. The van der Waals surface area contributed by atoms with Crippen molar-refractivity contribution in [3.63, 3.8) is 0 Å². The lowest BCUT2D eigenvalue weighted by Gasteiger charge is -2.43. The third-order valence-electron chi connectivity index (χ3n) is 7.14. The van der Waals surface area contributed by atoms with Gasteiger partial charge in [-0.3, -0.25) is 9.58 Å². The van der Waals surface area contributed by atoms with Crippen molar-refractivity contribution >= 4 is 17.4 Å². The van der Waals surface area contributed by atoms with E-state index in [0.29, 0.717) is 11.4 Å². The normalized spacial score (nSPS) is 17.1. The molecule has 0 bridgehead atoms. The van der Waals surface area contributed by atoms with Crippen molar-refractivity contribution in [2.24, 2.45) is 7.05 Å². The van der Waals surface area contributed by atoms with Gasteiger partial charge in [0, 0.05) is 32.4 Å². The SMILES string of the molecule is Cn1cc2c(n1)CN(C1CCN(c3c(F)cccc3C(F)(F)F)CC1)C(=O)N2Cc1ccccc1C(F)(F)F. The molecule has 1 aromatic heterocycles. The Labute approximate surface area is 219 Å². The third-order valence-corrected chi connectivity index (χ3v) is 7.14. The van der Waals surface area contributed by atoms with Gasteiger partial charge in [-0.05, 0) is 36.6 Å². The van der Waals surface area contributed by atoms with Gasteiger partial charge in [-0.1, -0.05) is 24.3 Å². The number of hydrogen-bond acceptors (Lipinski definition) is 3. The molecule has 1 saturated heterocycles. The Kier molecular flexibility index (Phi) is 6.71. The number of fused-ring (bicyclic) bond motifs is 1. The summed E-state index contributed by atoms with van der Waals surface area (Å²) < 4.78 is 97.5. The Morgan fingerprint density at radius 2 is 1.56 bits per heavy atom. The summed E-state index contributed by atoms with van der Waals surface area (Å²) in [5.41, 5.74) is -1.62. The van der Waals surface area contributed by atoms with Gasteiger partial charge in [0.15, 0.2) is 0 Å². The van der Waals surface area contributed by atoms with Crippen LogP contribution in [-0.4, -0.2) is 39.8 Å². The zero-order valence-electron chi connectivity index (χ0n) is 20.7. The number of anilines is 2. The van der Waals surface area contributed by atoms with Crippen LogP contribution in [0.15, 0.2) is 48.7 Å². The Morgan fingerprint density at radius 1 is 0.923 bits per heavy atom. The number of piperidine rings is 1. The lowest BCUT2D eigenvalue weighted by molar-refractivity contribution is -0.138. The predicted octanol–water partition coefficient (Wildman–Crippen LogP) is 6.21. The summed E-state index contributed by atoms with van der Waals surface area (Å²) in [7, 11) is 1.64. The minimum atomic E-state index is -4.74. The fraction of sp³-hybridized carbons (Fsp3) is 0.385. The topological polar surface area (TPSA) is 44.6 Å². The number of rotatable bonds is 4. The van der Waals surface area contributed by atoms with Crippen molar-refractivity contribution in [1.29, 1.82) is 0 Å². The minimum Gasteiger partial charge on any atom is -0.369 e. The van der Waals surface area contributed by atoms with E-state index in [0.717, 1.165) is 24.3 Å². The molecule has 39 heavy (non-hydrogen) atoms. The maximum absolute atomic E-state index is 14.5. The second-order valence-electron chi connectivity index (χ2n) is 9.64. The number of aryl methyl sites for hydroxylation is 1. The Morgan fingerprint density at radius 3 is 2.23 bits per heavy atom. The van der Waals surface area contributed by atoms with Gasteiger partial charge in [0.25, 0.3) is 0 Å². The molecule has 3 aromatic rings. The highest BCUT2D eigenvalue weighted by Crippen LogP contribution is 2.40. The third kappa shape index (κ3) is 5.13. The number of urea groups is 1. The van der Waals surface area contributed by atoms with E-state index in [4.69, 9.17) is 0 Å². The summed E-state index contributed by atoms with van der Waals surface area (Å²) >= 11 is 0. The molecular weight excluding hydrogens is 531 g/mol. The van der Waals surface area contributed by atoms with Crippen LogP contribution in [0.25, 0.3) is 0 Å². The van der Waals surface area contributed by atoms with Gasteiger partial charge < -0.3 is 9.80 Å². The number of para-hydroxylation sites is 1. The average Bonchev–Trinajstić information content (AvgIpc) is 3.25. The van der Waals surface area contributed by atoms with Crippen LogP contribution in [0.4, 0.5) is 46.9 Å². The summed E-state index contributed by atoms with van der Waals surface area (Å²) in [6.07, 6.45) is -7.29. The highest BCUT2D eigenvalue weighted by Gasteiger charge is 2.41. The van der Waals surface area contributed by atoms with Crippen molar-refractivity contribution in [3.8, 4) is 0 Å². The van der Waals surface area contributed by atoms with Crippen molar-refractivity contribution in [1.82, 2.24) is 14.7 Å². The van der Waals surface area contributed by atoms with Crippen LogP contribution in [0.5, 0.6) is 0 Å². The molecule has 208 valence electrons. The summed E-state index contributed by atoms with van der Waals surface area (Å²) in [6, 6.07) is 6.89. The van der Waals surface area contributed by atoms with E-state index >= 15 is 0 Å². The highest BCUT2D eigenvalue weighted by atomic mass is 19.4. The molecule has 0 saturated carbocycles. The fourth-order valence-corrected chi connectivity index (χ4v) is 5.36. The molecule has 13 heteroatoms. The largest absolute Gasteiger partial charge is 0.418 e. The summed E-state index contributed by atoms with van der Waals surface area (Å²) in [4.78, 5) is 17.7. The van der Waals surface area contributed by atoms with Crippen LogP contribution >= 0.6 is 0 Å². The van der Waals surface area contributed by atoms with Crippen LogP contribution in [0, 0.1) is 5.82 Å². The Balaban J connectivity index is 1.39. The van der Waals surface area contributed by atoms with Gasteiger partial charge in [-0.2, -0.15) is 31.4 Å². The van der Waals surface area contributed by atoms with E-state index in [9.17, 15) is 35.5 Å². The van der Waals surface area contributed by atoms with E-state index in [-0.39, 0.29) is 44.6 Å². The highest BCUT2D eigenvalue weighted by molar-refractivity contribution is 5.94. The number of amides is 2. The first-order valence-electron chi connectivity index (χ1n) is 12.2. The molecule has 0 atom stereocenters. The zero-order valence-corrected chi connectivity index (χ0v) is 20.7. The number of halogens is 7. The molecule has 6 nitrogen and oxygen atoms in total.